The van der Waals surface area contributed by atoms with Crippen LogP contribution in [0, 0.1) is 5.92 Å². The smallest absolute Gasteiger partial charge is 0.305 e. The molecule has 1 rings (SSSR count). The van der Waals surface area contributed by atoms with Crippen molar-refractivity contribution in [3.05, 3.63) is 35.9 Å². The standard InChI is InChI=1S/C16H22N2O5/c17-12(8-14(19)20)7-11(6-10-4-2-1-3-5-10)16(23)13(18)9-15(21)22/h1-5,11-13H,6-9,17-18H2,(H,19,20)(H,21,22)/t11?,12?,13-/m1/s1. The number of hydrogen-bond acceptors (Lipinski definition) is 5. The van der Waals surface area contributed by atoms with Gasteiger partial charge in [0.2, 0.25) is 0 Å². The molecule has 6 N–H and O–H groups in total. The Kier molecular flexibility index (Phi) is 7.37. The van der Waals surface area contributed by atoms with E-state index in [1.807, 2.05) is 30.3 Å². The first-order valence-corrected chi connectivity index (χ1v) is 7.32. The summed E-state index contributed by atoms with van der Waals surface area (Å²) in [5.74, 6) is -3.21. The van der Waals surface area contributed by atoms with Gasteiger partial charge in [-0.1, -0.05) is 30.3 Å². The molecule has 3 atom stereocenters. The molecule has 0 fully saturated rings. The number of carbonyl (C=O) groups excluding carboxylic acids is 1. The fourth-order valence-electron chi connectivity index (χ4n) is 2.46. The first kappa shape index (κ1) is 18.8. The maximum absolute atomic E-state index is 12.4. The number of Topliss-reactive ketones (excluding diaryl/α,β-unsaturated/α-hetero) is 1. The lowest BCUT2D eigenvalue weighted by Crippen LogP contribution is -2.40. The largest absolute Gasteiger partial charge is 0.481 e. The fourth-order valence-corrected chi connectivity index (χ4v) is 2.46. The van der Waals surface area contributed by atoms with Crippen LogP contribution in [0.15, 0.2) is 30.3 Å². The lowest BCUT2D eigenvalue weighted by atomic mass is 9.85. The molecule has 0 aromatic heterocycles. The number of carbonyl (C=O) groups is 3. The second kappa shape index (κ2) is 9.02. The minimum absolute atomic E-state index is 0.146. The van der Waals surface area contributed by atoms with E-state index >= 15 is 0 Å². The zero-order chi connectivity index (χ0) is 17.4. The Morgan fingerprint density at radius 1 is 0.957 bits per heavy atom. The highest BCUT2D eigenvalue weighted by Gasteiger charge is 2.28. The molecule has 126 valence electrons. The molecule has 1 aromatic carbocycles. The summed E-state index contributed by atoms with van der Waals surface area (Å²) in [4.78, 5) is 33.9. The van der Waals surface area contributed by atoms with Gasteiger partial charge in [-0.15, -0.1) is 0 Å². The predicted octanol–water partition coefficient (Wildman–Crippen LogP) is 0.408. The topological polar surface area (TPSA) is 144 Å². The van der Waals surface area contributed by atoms with Gasteiger partial charge in [-0.05, 0) is 18.4 Å². The van der Waals surface area contributed by atoms with E-state index in [1.54, 1.807) is 0 Å². The molecule has 0 amide bonds. The van der Waals surface area contributed by atoms with Crippen LogP contribution in [0.5, 0.6) is 0 Å². The maximum atomic E-state index is 12.4. The van der Waals surface area contributed by atoms with Gasteiger partial charge < -0.3 is 21.7 Å². The number of hydrogen-bond donors (Lipinski definition) is 4. The van der Waals surface area contributed by atoms with Gasteiger partial charge >= 0.3 is 11.9 Å². The Morgan fingerprint density at radius 3 is 2.04 bits per heavy atom. The van der Waals surface area contributed by atoms with Gasteiger partial charge in [-0.25, -0.2) is 0 Å². The van der Waals surface area contributed by atoms with Crippen molar-refractivity contribution in [1.29, 1.82) is 0 Å². The van der Waals surface area contributed by atoms with Crippen LogP contribution in [-0.4, -0.2) is 40.0 Å². The van der Waals surface area contributed by atoms with Crippen molar-refractivity contribution in [1.82, 2.24) is 0 Å². The van der Waals surface area contributed by atoms with E-state index in [4.69, 9.17) is 21.7 Å². The lowest BCUT2D eigenvalue weighted by Gasteiger charge is -2.22. The summed E-state index contributed by atoms with van der Waals surface area (Å²) in [6, 6.07) is 7.35. The first-order chi connectivity index (χ1) is 10.8. The van der Waals surface area contributed by atoms with E-state index in [0.717, 1.165) is 5.56 Å². The number of carboxylic acids is 2. The van der Waals surface area contributed by atoms with Gasteiger partial charge in [0.05, 0.1) is 18.9 Å². The molecule has 0 spiro atoms. The van der Waals surface area contributed by atoms with Gasteiger partial charge in [-0.3, -0.25) is 14.4 Å². The highest BCUT2D eigenvalue weighted by molar-refractivity contribution is 5.89. The Labute approximate surface area is 134 Å². The van der Waals surface area contributed by atoms with Crippen LogP contribution in [0.3, 0.4) is 0 Å². The molecule has 7 heteroatoms. The predicted molar refractivity (Wildman–Crippen MR) is 83.7 cm³/mol. The van der Waals surface area contributed by atoms with Gasteiger partial charge in [0.25, 0.3) is 0 Å². The molecule has 0 saturated carbocycles. The maximum Gasteiger partial charge on any atom is 0.305 e. The Bertz CT molecular complexity index is 547. The van der Waals surface area contributed by atoms with Crippen molar-refractivity contribution < 1.29 is 24.6 Å². The molecular weight excluding hydrogens is 300 g/mol. The molecule has 7 nitrogen and oxygen atoms in total. The highest BCUT2D eigenvalue weighted by Crippen LogP contribution is 2.18. The third kappa shape index (κ3) is 7.03. The van der Waals surface area contributed by atoms with Crippen LogP contribution in [0.4, 0.5) is 0 Å². The molecule has 0 aliphatic rings. The van der Waals surface area contributed by atoms with Gasteiger partial charge in [0.15, 0.2) is 5.78 Å². The van der Waals surface area contributed by atoms with Crippen molar-refractivity contribution in [2.45, 2.75) is 37.8 Å². The highest BCUT2D eigenvalue weighted by atomic mass is 16.4. The van der Waals surface area contributed by atoms with Crippen molar-refractivity contribution in [3.63, 3.8) is 0 Å². The average molecular weight is 322 g/mol. The summed E-state index contributed by atoms with van der Waals surface area (Å²) in [5, 5.41) is 17.6. The van der Waals surface area contributed by atoms with Crippen LogP contribution in [0.2, 0.25) is 0 Å². The summed E-state index contributed by atoms with van der Waals surface area (Å²) < 4.78 is 0. The zero-order valence-corrected chi connectivity index (χ0v) is 12.7. The molecule has 0 heterocycles. The van der Waals surface area contributed by atoms with E-state index in [1.165, 1.54) is 0 Å². The summed E-state index contributed by atoms with van der Waals surface area (Å²) in [6.07, 6.45) is -0.224. The van der Waals surface area contributed by atoms with E-state index in [0.29, 0.717) is 6.42 Å². The molecule has 0 aliphatic carbocycles. The van der Waals surface area contributed by atoms with Crippen molar-refractivity contribution in [2.24, 2.45) is 17.4 Å². The number of nitrogens with two attached hydrogens (primary N) is 2. The number of benzene rings is 1. The first-order valence-electron chi connectivity index (χ1n) is 7.32. The Balaban J connectivity index is 2.84. The van der Waals surface area contributed by atoms with Crippen LogP contribution < -0.4 is 11.5 Å². The Morgan fingerprint density at radius 2 is 1.52 bits per heavy atom. The molecule has 0 radical (unpaired) electrons. The van der Waals surface area contributed by atoms with Crippen molar-refractivity contribution in [2.75, 3.05) is 0 Å². The third-order valence-corrected chi connectivity index (χ3v) is 3.51. The minimum atomic E-state index is -1.15. The zero-order valence-electron chi connectivity index (χ0n) is 12.7. The molecule has 1 aromatic rings. The quantitative estimate of drug-likeness (QED) is 0.488. The normalized spacial score (nSPS) is 14.7. The molecule has 0 aliphatic heterocycles. The summed E-state index contributed by atoms with van der Waals surface area (Å²) >= 11 is 0. The van der Waals surface area contributed by atoms with E-state index in [-0.39, 0.29) is 12.8 Å². The van der Waals surface area contributed by atoms with E-state index in [2.05, 4.69) is 0 Å². The second-order valence-electron chi connectivity index (χ2n) is 5.59. The number of aliphatic carboxylic acids is 2. The molecular formula is C16H22N2O5. The van der Waals surface area contributed by atoms with Crippen LogP contribution >= 0.6 is 0 Å². The number of rotatable bonds is 10. The molecule has 0 bridgehead atoms. The number of carboxylic acid groups (broad SMARTS) is 2. The van der Waals surface area contributed by atoms with E-state index < -0.39 is 42.1 Å². The lowest BCUT2D eigenvalue weighted by molar-refractivity contribution is -0.139. The SMILES string of the molecule is NC(CC(=O)O)CC(Cc1ccccc1)C(=O)[C@H](N)CC(=O)O. The molecule has 23 heavy (non-hydrogen) atoms. The number of ketones is 1. The van der Waals surface area contributed by atoms with Gasteiger partial charge in [0, 0.05) is 12.0 Å². The minimum Gasteiger partial charge on any atom is -0.481 e. The summed E-state index contributed by atoms with van der Waals surface area (Å²) in [5.41, 5.74) is 12.3. The van der Waals surface area contributed by atoms with Crippen LogP contribution in [0.1, 0.15) is 24.8 Å². The van der Waals surface area contributed by atoms with Gasteiger partial charge in [-0.2, -0.15) is 0 Å². The second-order valence-corrected chi connectivity index (χ2v) is 5.59. The van der Waals surface area contributed by atoms with Crippen molar-refractivity contribution >= 4 is 17.7 Å². The summed E-state index contributed by atoms with van der Waals surface area (Å²) in [6.45, 7) is 0. The monoisotopic (exact) mass is 322 g/mol. The molecule has 0 saturated heterocycles. The summed E-state index contributed by atoms with van der Waals surface area (Å²) in [7, 11) is 0. The average Bonchev–Trinajstić information content (AvgIpc) is 2.45. The van der Waals surface area contributed by atoms with Gasteiger partial charge in [0.1, 0.15) is 0 Å². The Hall–Kier alpha value is -2.25. The van der Waals surface area contributed by atoms with Crippen LogP contribution in [0.25, 0.3) is 0 Å². The van der Waals surface area contributed by atoms with E-state index in [9.17, 15) is 14.4 Å². The molecule has 2 unspecified atom stereocenters. The third-order valence-electron chi connectivity index (χ3n) is 3.51. The fraction of sp³-hybridized carbons (Fsp3) is 0.438. The van der Waals surface area contributed by atoms with Crippen molar-refractivity contribution in [3.8, 4) is 0 Å². The van der Waals surface area contributed by atoms with Crippen LogP contribution in [-0.2, 0) is 20.8 Å².